The van der Waals surface area contributed by atoms with Crippen LogP contribution >= 0.6 is 24.0 Å². The number of aliphatic imine (C=N–C) groups is 1. The number of rotatable bonds is 3. The first kappa shape index (κ1) is 24.9. The van der Waals surface area contributed by atoms with Gasteiger partial charge in [0.1, 0.15) is 0 Å². The summed E-state index contributed by atoms with van der Waals surface area (Å²) < 4.78 is 29.9. The van der Waals surface area contributed by atoms with Crippen LogP contribution in [0.15, 0.2) is 4.99 Å². The van der Waals surface area contributed by atoms with E-state index in [2.05, 4.69) is 31.0 Å². The summed E-state index contributed by atoms with van der Waals surface area (Å²) >= 11 is 0. The summed E-state index contributed by atoms with van der Waals surface area (Å²) in [6.45, 7) is 15.6. The van der Waals surface area contributed by atoms with Crippen LogP contribution in [0.5, 0.6) is 0 Å². The highest BCUT2D eigenvalue weighted by Crippen LogP contribution is 2.34. The van der Waals surface area contributed by atoms with Crippen LogP contribution in [-0.2, 0) is 14.6 Å². The van der Waals surface area contributed by atoms with Crippen LogP contribution in [0.25, 0.3) is 0 Å². The molecule has 0 aromatic rings. The largest absolute Gasteiger partial charge is 0.377 e. The number of nitrogens with zero attached hydrogens (tertiary/aromatic N) is 2. The molecule has 2 aliphatic rings. The van der Waals surface area contributed by atoms with Crippen molar-refractivity contribution < 1.29 is 13.2 Å². The zero-order chi connectivity index (χ0) is 19.6. The Balaban J connectivity index is 0.00000364. The van der Waals surface area contributed by atoms with Crippen molar-refractivity contribution in [2.45, 2.75) is 65.2 Å². The first-order valence-corrected chi connectivity index (χ1v) is 11.5. The fourth-order valence-corrected chi connectivity index (χ4v) is 5.31. The van der Waals surface area contributed by atoms with E-state index in [4.69, 9.17) is 9.73 Å². The van der Waals surface area contributed by atoms with Gasteiger partial charge >= 0.3 is 0 Å². The topological polar surface area (TPSA) is 71.0 Å². The minimum Gasteiger partial charge on any atom is -0.377 e. The Labute approximate surface area is 182 Å². The van der Waals surface area contributed by atoms with Gasteiger partial charge in [0.05, 0.1) is 16.6 Å². The molecule has 0 spiro atoms. The van der Waals surface area contributed by atoms with E-state index in [9.17, 15) is 8.42 Å². The van der Waals surface area contributed by atoms with Gasteiger partial charge in [-0.3, -0.25) is 4.99 Å². The van der Waals surface area contributed by atoms with Crippen molar-refractivity contribution in [2.75, 3.05) is 38.5 Å². The summed E-state index contributed by atoms with van der Waals surface area (Å²) in [5.41, 5.74) is 0.0974. The van der Waals surface area contributed by atoms with Crippen molar-refractivity contribution in [1.29, 1.82) is 0 Å². The number of sulfone groups is 1. The molecular weight excluding hydrogens is 477 g/mol. The van der Waals surface area contributed by atoms with Crippen molar-refractivity contribution in [3.8, 4) is 0 Å². The van der Waals surface area contributed by atoms with Gasteiger partial charge in [0.2, 0.25) is 0 Å². The second-order valence-electron chi connectivity index (χ2n) is 9.25. The third kappa shape index (κ3) is 6.19. The first-order chi connectivity index (χ1) is 12.0. The minimum atomic E-state index is -3.05. The molecule has 2 saturated heterocycles. The van der Waals surface area contributed by atoms with Crippen LogP contribution in [0, 0.1) is 11.3 Å². The Morgan fingerprint density at radius 2 is 2.00 bits per heavy atom. The van der Waals surface area contributed by atoms with E-state index in [1.165, 1.54) is 0 Å². The molecule has 6 nitrogen and oxygen atoms in total. The Bertz CT molecular complexity index is 614. The lowest BCUT2D eigenvalue weighted by atomic mass is 9.78. The summed E-state index contributed by atoms with van der Waals surface area (Å²) in [7, 11) is -3.05. The second-order valence-corrected chi connectivity index (χ2v) is 12.0. The Morgan fingerprint density at radius 3 is 2.56 bits per heavy atom. The van der Waals surface area contributed by atoms with Gasteiger partial charge in [0, 0.05) is 38.7 Å². The second kappa shape index (κ2) is 9.61. The lowest BCUT2D eigenvalue weighted by Crippen LogP contribution is -2.57. The molecule has 2 aliphatic heterocycles. The number of hydrogen-bond acceptors (Lipinski definition) is 4. The third-order valence-electron chi connectivity index (χ3n) is 5.45. The highest BCUT2D eigenvalue weighted by Gasteiger charge is 2.41. The van der Waals surface area contributed by atoms with Gasteiger partial charge in [0.15, 0.2) is 15.8 Å². The lowest BCUT2D eigenvalue weighted by Gasteiger charge is -2.41. The zero-order valence-electron chi connectivity index (χ0n) is 17.7. The average molecular weight is 516 g/mol. The summed E-state index contributed by atoms with van der Waals surface area (Å²) in [5.74, 6) is 1.41. The Hall–Kier alpha value is -0.0900. The third-order valence-corrected chi connectivity index (χ3v) is 7.98. The summed E-state index contributed by atoms with van der Waals surface area (Å²) in [5, 5.41) is 3.35. The number of nitrogens with one attached hydrogen (secondary N) is 1. The molecule has 0 radical (unpaired) electrons. The SMILES string of the molecule is CCNC(=NCC1CCCOC1C(C)(C)C)N1CCS(=O)(=O)C(C)(C)C1.I. The first-order valence-electron chi connectivity index (χ1n) is 9.85. The van der Waals surface area contributed by atoms with Crippen molar-refractivity contribution in [2.24, 2.45) is 16.3 Å². The molecule has 2 rings (SSSR count). The van der Waals surface area contributed by atoms with Crippen LogP contribution < -0.4 is 5.32 Å². The van der Waals surface area contributed by atoms with E-state index in [0.717, 1.165) is 32.0 Å². The standard InChI is InChI=1S/C19H37N3O3S.HI/c1-7-20-17(22-10-12-26(23,24)19(5,6)14-22)21-13-15-9-8-11-25-16(15)18(2,3)4;/h15-16H,7-14H2,1-6H3,(H,20,21);1H. The van der Waals surface area contributed by atoms with Crippen molar-refractivity contribution in [3.05, 3.63) is 0 Å². The predicted molar refractivity (Wildman–Crippen MR) is 123 cm³/mol. The molecule has 1 N–H and O–H groups in total. The molecule has 160 valence electrons. The van der Waals surface area contributed by atoms with Crippen LogP contribution in [0.3, 0.4) is 0 Å². The smallest absolute Gasteiger partial charge is 0.194 e. The molecule has 0 aromatic heterocycles. The van der Waals surface area contributed by atoms with Crippen LogP contribution in [0.1, 0.15) is 54.4 Å². The molecule has 2 unspecified atom stereocenters. The maximum Gasteiger partial charge on any atom is 0.194 e. The molecule has 0 saturated carbocycles. The molecule has 8 heteroatoms. The predicted octanol–water partition coefficient (Wildman–Crippen LogP) is 2.92. The fourth-order valence-electron chi connectivity index (χ4n) is 3.94. The van der Waals surface area contributed by atoms with Gasteiger partial charge in [-0.1, -0.05) is 20.8 Å². The fraction of sp³-hybridized carbons (Fsp3) is 0.947. The quantitative estimate of drug-likeness (QED) is 0.356. The molecule has 0 aromatic carbocycles. The molecule has 27 heavy (non-hydrogen) atoms. The normalized spacial score (nSPS) is 28.4. The van der Waals surface area contributed by atoms with Gasteiger partial charge in [-0.15, -0.1) is 24.0 Å². The molecular formula is C19H38IN3O3S. The van der Waals surface area contributed by atoms with E-state index < -0.39 is 14.6 Å². The van der Waals surface area contributed by atoms with Crippen LogP contribution in [0.4, 0.5) is 0 Å². The molecule has 2 fully saturated rings. The van der Waals surface area contributed by atoms with E-state index in [-0.39, 0.29) is 41.2 Å². The summed E-state index contributed by atoms with van der Waals surface area (Å²) in [4.78, 5) is 6.99. The number of hydrogen-bond donors (Lipinski definition) is 1. The molecule has 2 atom stereocenters. The number of halogens is 1. The Kier molecular flexibility index (Phi) is 8.88. The van der Waals surface area contributed by atoms with Crippen molar-refractivity contribution >= 4 is 39.8 Å². The van der Waals surface area contributed by atoms with Gasteiger partial charge in [0.25, 0.3) is 0 Å². The average Bonchev–Trinajstić information content (AvgIpc) is 2.53. The number of guanidine groups is 1. The van der Waals surface area contributed by atoms with Crippen molar-refractivity contribution in [1.82, 2.24) is 10.2 Å². The van der Waals surface area contributed by atoms with Gasteiger partial charge in [-0.25, -0.2) is 8.42 Å². The molecule has 0 amide bonds. The highest BCUT2D eigenvalue weighted by molar-refractivity contribution is 14.0. The zero-order valence-corrected chi connectivity index (χ0v) is 20.9. The summed E-state index contributed by atoms with van der Waals surface area (Å²) in [6.07, 6.45) is 2.42. The van der Waals surface area contributed by atoms with E-state index in [1.54, 1.807) is 0 Å². The lowest BCUT2D eigenvalue weighted by molar-refractivity contribution is -0.0824. The maximum absolute atomic E-state index is 12.3. The van der Waals surface area contributed by atoms with E-state index in [0.29, 0.717) is 25.6 Å². The van der Waals surface area contributed by atoms with Crippen LogP contribution in [0.2, 0.25) is 0 Å². The Morgan fingerprint density at radius 1 is 1.33 bits per heavy atom. The van der Waals surface area contributed by atoms with Gasteiger partial charge in [-0.2, -0.15) is 0 Å². The van der Waals surface area contributed by atoms with E-state index in [1.807, 2.05) is 20.8 Å². The van der Waals surface area contributed by atoms with E-state index >= 15 is 0 Å². The molecule has 0 aliphatic carbocycles. The minimum absolute atomic E-state index is 0. The maximum atomic E-state index is 12.3. The van der Waals surface area contributed by atoms with Crippen molar-refractivity contribution in [3.63, 3.8) is 0 Å². The van der Waals surface area contributed by atoms with Crippen LogP contribution in [-0.4, -0.2) is 68.7 Å². The molecule has 0 bridgehead atoms. The highest BCUT2D eigenvalue weighted by atomic mass is 127. The van der Waals surface area contributed by atoms with Gasteiger partial charge < -0.3 is 15.0 Å². The molecule has 2 heterocycles. The monoisotopic (exact) mass is 515 g/mol. The number of ether oxygens (including phenoxy) is 1. The summed E-state index contributed by atoms with van der Waals surface area (Å²) in [6, 6.07) is 0. The van der Waals surface area contributed by atoms with Gasteiger partial charge in [-0.05, 0) is 39.0 Å².